The van der Waals surface area contributed by atoms with E-state index in [9.17, 15) is 0 Å². The van der Waals surface area contributed by atoms with Crippen molar-refractivity contribution >= 4 is 70.6 Å². The molecule has 0 amide bonds. The van der Waals surface area contributed by atoms with E-state index in [2.05, 4.69) is 10.8 Å². The average Bonchev–Trinajstić information content (AvgIpc) is 3.06. The predicted molar refractivity (Wildman–Crippen MR) is 98.1 cm³/mol. The lowest BCUT2D eigenvalue weighted by atomic mass is 10.7. The molecule has 0 bridgehead atoms. The molecule has 2 rings (SSSR count). The van der Waals surface area contributed by atoms with E-state index in [0.29, 0.717) is 9.16 Å². The zero-order valence-electron chi connectivity index (χ0n) is 10.2. The Labute approximate surface area is 139 Å². The molecule has 19 heavy (non-hydrogen) atoms. The van der Waals surface area contributed by atoms with E-state index < -0.39 is 0 Å². The smallest absolute Gasteiger partial charge is 0.0746 e. The van der Waals surface area contributed by atoms with Gasteiger partial charge in [-0.3, -0.25) is 0 Å². The predicted octanol–water partition coefficient (Wildman–Crippen LogP) is 3.69. The monoisotopic (exact) mass is 372 g/mol. The van der Waals surface area contributed by atoms with Gasteiger partial charge >= 0.3 is 0 Å². The summed E-state index contributed by atoms with van der Waals surface area (Å²) < 4.78 is 1.15. The SMILES string of the molecule is OCC1=CSC(CSCSCC2SC=C(CO)S2)S1. The normalized spacial score (nSPS) is 26.6. The highest BCUT2D eigenvalue weighted by atomic mass is 32.2. The van der Waals surface area contributed by atoms with Crippen LogP contribution in [0.4, 0.5) is 0 Å². The van der Waals surface area contributed by atoms with Gasteiger partial charge in [0.05, 0.1) is 22.4 Å². The van der Waals surface area contributed by atoms with E-state index >= 15 is 0 Å². The molecule has 8 heteroatoms. The topological polar surface area (TPSA) is 40.5 Å². The Hall–Kier alpha value is 1.50. The average molecular weight is 373 g/mol. The van der Waals surface area contributed by atoms with E-state index in [4.69, 9.17) is 10.2 Å². The minimum Gasteiger partial charge on any atom is -0.391 e. The largest absolute Gasteiger partial charge is 0.391 e. The van der Waals surface area contributed by atoms with Crippen molar-refractivity contribution < 1.29 is 10.2 Å². The van der Waals surface area contributed by atoms with Crippen LogP contribution < -0.4 is 0 Å². The third kappa shape index (κ3) is 6.02. The highest BCUT2D eigenvalue weighted by Crippen LogP contribution is 2.43. The van der Waals surface area contributed by atoms with Crippen LogP contribution in [0.25, 0.3) is 0 Å². The van der Waals surface area contributed by atoms with Gasteiger partial charge in [-0.1, -0.05) is 0 Å². The van der Waals surface area contributed by atoms with Crippen LogP contribution in [0.2, 0.25) is 0 Å². The molecule has 2 heterocycles. The molecular weight excluding hydrogens is 357 g/mol. The summed E-state index contributed by atoms with van der Waals surface area (Å²) >= 11 is 11.2. The van der Waals surface area contributed by atoms with Gasteiger partial charge in [0.2, 0.25) is 0 Å². The van der Waals surface area contributed by atoms with Gasteiger partial charge in [-0.2, -0.15) is 0 Å². The molecule has 0 saturated carbocycles. The number of aliphatic hydroxyl groups is 2. The Morgan fingerprint density at radius 2 is 1.37 bits per heavy atom. The van der Waals surface area contributed by atoms with Crippen LogP contribution in [0.15, 0.2) is 20.6 Å². The molecule has 108 valence electrons. The lowest BCUT2D eigenvalue weighted by molar-refractivity contribution is 0.339. The van der Waals surface area contributed by atoms with Gasteiger partial charge in [-0.05, 0) is 10.8 Å². The minimum absolute atomic E-state index is 0.184. The summed E-state index contributed by atoms with van der Waals surface area (Å²) in [6.45, 7) is 0.369. The third-order valence-electron chi connectivity index (χ3n) is 2.25. The van der Waals surface area contributed by atoms with Crippen LogP contribution in [0, 0.1) is 0 Å². The Kier molecular flexibility index (Phi) is 8.43. The highest BCUT2D eigenvalue weighted by molar-refractivity contribution is 8.25. The summed E-state index contributed by atoms with van der Waals surface area (Å²) in [6.07, 6.45) is 0. The molecule has 0 radical (unpaired) electrons. The maximum Gasteiger partial charge on any atom is 0.0746 e. The van der Waals surface area contributed by atoms with Gasteiger partial charge in [-0.15, -0.1) is 70.6 Å². The molecule has 2 atom stereocenters. The second kappa shape index (κ2) is 9.50. The fourth-order valence-electron chi connectivity index (χ4n) is 1.40. The zero-order valence-corrected chi connectivity index (χ0v) is 15.1. The van der Waals surface area contributed by atoms with Crippen molar-refractivity contribution in [1.82, 2.24) is 0 Å². The van der Waals surface area contributed by atoms with Crippen LogP contribution in [0.1, 0.15) is 0 Å². The summed E-state index contributed by atoms with van der Waals surface area (Å²) in [5.41, 5.74) is 0. The Balaban J connectivity index is 1.45. The van der Waals surface area contributed by atoms with E-state index in [1.807, 2.05) is 47.0 Å². The van der Waals surface area contributed by atoms with Gasteiger partial charge < -0.3 is 10.2 Å². The number of aliphatic hydroxyl groups excluding tert-OH is 2. The quantitative estimate of drug-likeness (QED) is 0.494. The molecule has 0 fully saturated rings. The lowest BCUT2D eigenvalue weighted by Gasteiger charge is -2.10. The summed E-state index contributed by atoms with van der Waals surface area (Å²) in [5, 5.41) is 23.3. The van der Waals surface area contributed by atoms with Crippen molar-refractivity contribution in [3.8, 4) is 0 Å². The third-order valence-corrected chi connectivity index (χ3v) is 10.9. The van der Waals surface area contributed by atoms with E-state index in [1.165, 1.54) is 0 Å². The lowest BCUT2D eigenvalue weighted by Crippen LogP contribution is -2.00. The first kappa shape index (κ1) is 16.9. The molecule has 0 aromatic rings. The van der Waals surface area contributed by atoms with Gasteiger partial charge in [-0.25, -0.2) is 0 Å². The molecule has 2 N–H and O–H groups in total. The summed E-state index contributed by atoms with van der Waals surface area (Å²) in [4.78, 5) is 2.20. The van der Waals surface area contributed by atoms with Crippen LogP contribution in [-0.2, 0) is 0 Å². The first-order valence-corrected chi connectivity index (χ1v) is 11.7. The standard InChI is InChI=1S/C11H16O2S6/c12-1-8-3-16-10(18-8)5-14-7-15-6-11-17-4-9(2-13)19-11/h3-4,10-13H,1-2,5-7H2. The van der Waals surface area contributed by atoms with Gasteiger partial charge in [0.1, 0.15) is 0 Å². The Bertz CT molecular complexity index is 314. The second-order valence-corrected chi connectivity index (χ2v) is 11.5. The molecule has 0 aromatic heterocycles. The number of rotatable bonds is 8. The van der Waals surface area contributed by atoms with Crippen molar-refractivity contribution in [2.45, 2.75) is 9.16 Å². The molecule has 2 aliphatic rings. The van der Waals surface area contributed by atoms with E-state index in [-0.39, 0.29) is 13.2 Å². The number of thioether (sulfide) groups is 6. The molecule has 2 aliphatic heterocycles. The molecule has 0 spiro atoms. The molecule has 0 aliphatic carbocycles. The Morgan fingerprint density at radius 3 is 1.74 bits per heavy atom. The van der Waals surface area contributed by atoms with Crippen LogP contribution in [0.5, 0.6) is 0 Å². The number of hydrogen-bond donors (Lipinski definition) is 2. The maximum absolute atomic E-state index is 9.02. The summed E-state index contributed by atoms with van der Waals surface area (Å²) in [6, 6.07) is 0. The van der Waals surface area contributed by atoms with Crippen LogP contribution in [-0.4, -0.2) is 49.2 Å². The fraction of sp³-hybridized carbons (Fsp3) is 0.636. The van der Waals surface area contributed by atoms with Gasteiger partial charge in [0.15, 0.2) is 0 Å². The Morgan fingerprint density at radius 1 is 0.895 bits per heavy atom. The molecule has 0 saturated heterocycles. The van der Waals surface area contributed by atoms with Crippen molar-refractivity contribution in [2.75, 3.05) is 29.8 Å². The van der Waals surface area contributed by atoms with Crippen molar-refractivity contribution in [3.05, 3.63) is 20.6 Å². The first-order valence-electron chi connectivity index (χ1n) is 5.71. The van der Waals surface area contributed by atoms with Crippen molar-refractivity contribution in [2.24, 2.45) is 0 Å². The summed E-state index contributed by atoms with van der Waals surface area (Å²) in [5.74, 6) is 2.26. The minimum atomic E-state index is 0.184. The van der Waals surface area contributed by atoms with Gasteiger partial charge in [0, 0.05) is 26.4 Å². The van der Waals surface area contributed by atoms with E-state index in [1.54, 1.807) is 23.5 Å². The van der Waals surface area contributed by atoms with Crippen molar-refractivity contribution in [3.63, 3.8) is 0 Å². The summed E-state index contributed by atoms with van der Waals surface area (Å²) in [7, 11) is 0. The molecular formula is C11H16O2S6. The van der Waals surface area contributed by atoms with E-state index in [0.717, 1.165) is 26.4 Å². The number of hydrogen-bond acceptors (Lipinski definition) is 8. The molecule has 2 unspecified atom stereocenters. The highest BCUT2D eigenvalue weighted by Gasteiger charge is 2.19. The zero-order chi connectivity index (χ0) is 13.5. The van der Waals surface area contributed by atoms with Gasteiger partial charge in [0.25, 0.3) is 0 Å². The second-order valence-electron chi connectivity index (χ2n) is 3.71. The molecule has 2 nitrogen and oxygen atoms in total. The van der Waals surface area contributed by atoms with Crippen LogP contribution in [0.3, 0.4) is 0 Å². The first-order chi connectivity index (χ1) is 9.31. The van der Waals surface area contributed by atoms with Crippen LogP contribution >= 0.6 is 70.6 Å². The maximum atomic E-state index is 9.02. The molecule has 0 aromatic carbocycles. The fourth-order valence-corrected chi connectivity index (χ4v) is 9.23. The van der Waals surface area contributed by atoms with Crippen molar-refractivity contribution in [1.29, 1.82) is 0 Å².